The van der Waals surface area contributed by atoms with Crippen LogP contribution in [-0.4, -0.2) is 13.1 Å². The minimum absolute atomic E-state index is 0.436. The predicted molar refractivity (Wildman–Crippen MR) is 91.9 cm³/mol. The molecule has 2 heteroatoms. The largest absolute Gasteiger partial charge is 0.383 e. The summed E-state index contributed by atoms with van der Waals surface area (Å²) in [4.78, 5) is 0. The second kappa shape index (κ2) is 7.84. The highest BCUT2D eigenvalue weighted by molar-refractivity contribution is 5.56. The molecule has 2 aromatic rings. The van der Waals surface area contributed by atoms with Gasteiger partial charge in [-0.2, -0.15) is 0 Å². The van der Waals surface area contributed by atoms with Crippen molar-refractivity contribution in [3.63, 3.8) is 0 Å². The van der Waals surface area contributed by atoms with Gasteiger partial charge in [-0.3, -0.25) is 0 Å². The summed E-state index contributed by atoms with van der Waals surface area (Å²) in [5.74, 6) is 0. The Kier molecular flexibility index (Phi) is 5.82. The van der Waals surface area contributed by atoms with E-state index < -0.39 is 0 Å². The lowest BCUT2D eigenvalue weighted by molar-refractivity contribution is 0.531. The number of aryl methyl sites for hydroxylation is 2. The SMILES string of the molecule is CCC(NCCNc1c(C)cccc1C)c1ccccc1. The van der Waals surface area contributed by atoms with Crippen molar-refractivity contribution in [1.29, 1.82) is 0 Å². The highest BCUT2D eigenvalue weighted by Gasteiger charge is 2.07. The molecule has 21 heavy (non-hydrogen) atoms. The van der Waals surface area contributed by atoms with Gasteiger partial charge in [-0.15, -0.1) is 0 Å². The van der Waals surface area contributed by atoms with Crippen molar-refractivity contribution in [2.75, 3.05) is 18.4 Å². The van der Waals surface area contributed by atoms with Crippen molar-refractivity contribution in [2.45, 2.75) is 33.2 Å². The van der Waals surface area contributed by atoms with Crippen LogP contribution in [0.4, 0.5) is 5.69 Å². The van der Waals surface area contributed by atoms with Crippen molar-refractivity contribution in [1.82, 2.24) is 5.32 Å². The summed E-state index contributed by atoms with van der Waals surface area (Å²) in [6.45, 7) is 8.43. The lowest BCUT2D eigenvalue weighted by atomic mass is 10.0. The third-order valence-electron chi connectivity index (χ3n) is 3.91. The Labute approximate surface area is 128 Å². The number of benzene rings is 2. The fourth-order valence-electron chi connectivity index (χ4n) is 2.71. The number of rotatable bonds is 7. The van der Waals surface area contributed by atoms with E-state index in [2.05, 4.69) is 79.9 Å². The summed E-state index contributed by atoms with van der Waals surface area (Å²) in [7, 11) is 0. The van der Waals surface area contributed by atoms with Crippen molar-refractivity contribution in [3.8, 4) is 0 Å². The molecule has 2 rings (SSSR count). The van der Waals surface area contributed by atoms with Gasteiger partial charge in [-0.1, -0.05) is 55.5 Å². The summed E-state index contributed by atoms with van der Waals surface area (Å²) in [6.07, 6.45) is 1.10. The van der Waals surface area contributed by atoms with Crippen LogP contribution in [0.15, 0.2) is 48.5 Å². The Bertz CT molecular complexity index is 528. The van der Waals surface area contributed by atoms with Crippen LogP contribution in [0, 0.1) is 13.8 Å². The number of anilines is 1. The van der Waals surface area contributed by atoms with Crippen molar-refractivity contribution >= 4 is 5.69 Å². The molecule has 0 aliphatic carbocycles. The first-order valence-corrected chi connectivity index (χ1v) is 7.80. The molecule has 112 valence electrons. The first kappa shape index (κ1) is 15.6. The summed E-state index contributed by atoms with van der Waals surface area (Å²) in [6, 6.07) is 17.5. The van der Waals surface area contributed by atoms with Gasteiger partial charge in [0.25, 0.3) is 0 Å². The average molecular weight is 282 g/mol. The molecule has 0 fully saturated rings. The van der Waals surface area contributed by atoms with Gasteiger partial charge in [0.05, 0.1) is 0 Å². The maximum absolute atomic E-state index is 3.63. The van der Waals surface area contributed by atoms with E-state index >= 15 is 0 Å². The van der Waals surface area contributed by atoms with Crippen molar-refractivity contribution in [2.24, 2.45) is 0 Å². The molecule has 0 aliphatic heterocycles. The zero-order chi connectivity index (χ0) is 15.1. The van der Waals surface area contributed by atoms with Gasteiger partial charge < -0.3 is 10.6 Å². The molecular weight excluding hydrogens is 256 g/mol. The number of para-hydroxylation sites is 1. The summed E-state index contributed by atoms with van der Waals surface area (Å²) in [5.41, 5.74) is 5.26. The van der Waals surface area contributed by atoms with Crippen LogP contribution in [0.5, 0.6) is 0 Å². The van der Waals surface area contributed by atoms with Gasteiger partial charge in [-0.05, 0) is 37.0 Å². The van der Waals surface area contributed by atoms with E-state index in [1.54, 1.807) is 0 Å². The van der Waals surface area contributed by atoms with Crippen LogP contribution in [0.2, 0.25) is 0 Å². The Morgan fingerprint density at radius 2 is 1.52 bits per heavy atom. The zero-order valence-electron chi connectivity index (χ0n) is 13.3. The van der Waals surface area contributed by atoms with E-state index in [-0.39, 0.29) is 0 Å². The first-order valence-electron chi connectivity index (χ1n) is 7.80. The van der Waals surface area contributed by atoms with Crippen molar-refractivity contribution in [3.05, 3.63) is 65.2 Å². The van der Waals surface area contributed by atoms with Gasteiger partial charge in [-0.25, -0.2) is 0 Å². The molecule has 0 saturated carbocycles. The predicted octanol–water partition coefficient (Wildman–Crippen LogP) is 4.46. The highest BCUT2D eigenvalue weighted by atomic mass is 15.0. The topological polar surface area (TPSA) is 24.1 Å². The molecule has 0 aliphatic rings. The van der Waals surface area contributed by atoms with Crippen LogP contribution in [-0.2, 0) is 0 Å². The van der Waals surface area contributed by atoms with E-state index in [4.69, 9.17) is 0 Å². The van der Waals surface area contributed by atoms with Gasteiger partial charge in [0.2, 0.25) is 0 Å². The molecule has 0 amide bonds. The number of hydrogen-bond acceptors (Lipinski definition) is 2. The van der Waals surface area contributed by atoms with Gasteiger partial charge in [0.15, 0.2) is 0 Å². The molecule has 0 bridgehead atoms. The molecule has 1 unspecified atom stereocenters. The van der Waals surface area contributed by atoms with Crippen molar-refractivity contribution < 1.29 is 0 Å². The lowest BCUT2D eigenvalue weighted by Crippen LogP contribution is -2.26. The van der Waals surface area contributed by atoms with Crippen LogP contribution in [0.3, 0.4) is 0 Å². The summed E-state index contributed by atoms with van der Waals surface area (Å²) in [5, 5.41) is 7.18. The summed E-state index contributed by atoms with van der Waals surface area (Å²) < 4.78 is 0. The molecule has 2 N–H and O–H groups in total. The number of hydrogen-bond donors (Lipinski definition) is 2. The molecule has 0 radical (unpaired) electrons. The van der Waals surface area contributed by atoms with E-state index in [9.17, 15) is 0 Å². The molecule has 0 saturated heterocycles. The maximum atomic E-state index is 3.63. The van der Waals surface area contributed by atoms with Gasteiger partial charge in [0, 0.05) is 24.8 Å². The number of nitrogens with one attached hydrogen (secondary N) is 2. The smallest absolute Gasteiger partial charge is 0.0400 e. The fourth-order valence-corrected chi connectivity index (χ4v) is 2.71. The Morgan fingerprint density at radius 1 is 0.857 bits per heavy atom. The van der Waals surface area contributed by atoms with Crippen LogP contribution < -0.4 is 10.6 Å². The molecule has 1 atom stereocenters. The lowest BCUT2D eigenvalue weighted by Gasteiger charge is -2.18. The summed E-state index contributed by atoms with van der Waals surface area (Å²) >= 11 is 0. The second-order valence-corrected chi connectivity index (χ2v) is 5.52. The Hall–Kier alpha value is -1.80. The first-order chi connectivity index (χ1) is 10.2. The molecule has 0 aromatic heterocycles. The third kappa shape index (κ3) is 4.33. The Balaban J connectivity index is 1.84. The van der Waals surface area contributed by atoms with Crippen LogP contribution >= 0.6 is 0 Å². The highest BCUT2D eigenvalue weighted by Crippen LogP contribution is 2.19. The van der Waals surface area contributed by atoms with Crippen LogP contribution in [0.1, 0.15) is 36.1 Å². The molecule has 2 aromatic carbocycles. The maximum Gasteiger partial charge on any atom is 0.0400 e. The van der Waals surface area contributed by atoms with E-state index in [1.807, 2.05) is 0 Å². The zero-order valence-corrected chi connectivity index (χ0v) is 13.3. The fraction of sp³-hybridized carbons (Fsp3) is 0.368. The molecular formula is C19H26N2. The monoisotopic (exact) mass is 282 g/mol. The van der Waals surface area contributed by atoms with Crippen LogP contribution in [0.25, 0.3) is 0 Å². The second-order valence-electron chi connectivity index (χ2n) is 5.52. The third-order valence-corrected chi connectivity index (χ3v) is 3.91. The van der Waals surface area contributed by atoms with Gasteiger partial charge >= 0.3 is 0 Å². The Morgan fingerprint density at radius 3 is 2.14 bits per heavy atom. The quantitative estimate of drug-likeness (QED) is 0.733. The minimum Gasteiger partial charge on any atom is -0.383 e. The van der Waals surface area contributed by atoms with E-state index in [1.165, 1.54) is 22.4 Å². The van der Waals surface area contributed by atoms with E-state index in [0.717, 1.165) is 19.5 Å². The molecule has 2 nitrogen and oxygen atoms in total. The molecule has 0 heterocycles. The molecule has 0 spiro atoms. The minimum atomic E-state index is 0.436. The van der Waals surface area contributed by atoms with E-state index in [0.29, 0.717) is 6.04 Å². The van der Waals surface area contributed by atoms with Gasteiger partial charge in [0.1, 0.15) is 0 Å². The standard InChI is InChI=1S/C19H26N2/c1-4-18(17-11-6-5-7-12-17)20-13-14-21-19-15(2)9-8-10-16(19)3/h5-12,18,20-21H,4,13-14H2,1-3H3. The average Bonchev–Trinajstić information content (AvgIpc) is 2.51. The normalized spacial score (nSPS) is 12.1.